The molecule has 224 valence electrons. The molecule has 0 heterocycles. The molecule has 6 aromatic rings. The van der Waals surface area contributed by atoms with E-state index in [1.54, 1.807) is 0 Å². The maximum absolute atomic E-state index is 3.50. The van der Waals surface area contributed by atoms with Crippen molar-refractivity contribution in [3.8, 4) is 0 Å². The van der Waals surface area contributed by atoms with Gasteiger partial charge in [0, 0.05) is 0 Å². The summed E-state index contributed by atoms with van der Waals surface area (Å²) in [6.45, 7) is 18.3. The van der Waals surface area contributed by atoms with E-state index in [0.717, 1.165) is 8.95 Å². The fourth-order valence-electron chi connectivity index (χ4n) is 5.72. The van der Waals surface area contributed by atoms with Crippen LogP contribution >= 0.6 is 31.9 Å². The molecule has 0 saturated heterocycles. The molecule has 0 amide bonds. The minimum atomic E-state index is 0.180. The van der Waals surface area contributed by atoms with Gasteiger partial charge in [-0.3, -0.25) is 0 Å². The minimum Gasteiger partial charge on any atom is -0.214 e. The maximum atomic E-state index is 3.50. The number of fused-ring (bicyclic) bond motifs is 3. The summed E-state index contributed by atoms with van der Waals surface area (Å²) < 4.78 is 3.62. The van der Waals surface area contributed by atoms with Gasteiger partial charge in [0.25, 0.3) is 0 Å². The average molecular weight is 786 g/mol. The third-order valence-electron chi connectivity index (χ3n) is 7.79. The van der Waals surface area contributed by atoms with E-state index in [-0.39, 0.29) is 10.8 Å². The number of benzene rings is 4. The Morgan fingerprint density at radius 3 is 1.32 bits per heavy atom. The summed E-state index contributed by atoms with van der Waals surface area (Å²) in [5.41, 5.74) is 8.63. The molecule has 0 N–H and O–H groups in total. The molecule has 6 rings (SSSR count). The molecule has 0 spiro atoms. The first-order valence-corrected chi connectivity index (χ1v) is 17.9. The molecule has 3 heteroatoms. The summed E-state index contributed by atoms with van der Waals surface area (Å²) >= 11 is 8.43. The predicted octanol–water partition coefficient (Wildman–Crippen LogP) is 12.7. The Labute approximate surface area is 296 Å². The van der Waals surface area contributed by atoms with Crippen LogP contribution in [-0.4, -0.2) is 3.21 Å². The van der Waals surface area contributed by atoms with E-state index in [1.165, 1.54) is 82.4 Å². The van der Waals surface area contributed by atoms with Crippen molar-refractivity contribution in [3.63, 3.8) is 0 Å². The minimum absolute atomic E-state index is 0.180. The zero-order valence-corrected chi connectivity index (χ0v) is 32.8. The van der Waals surface area contributed by atoms with Crippen LogP contribution in [0, 0.1) is 13.8 Å². The zero-order valence-electron chi connectivity index (χ0n) is 27.1. The third kappa shape index (κ3) is 8.75. The van der Waals surface area contributed by atoms with Crippen molar-refractivity contribution in [3.05, 3.63) is 152 Å². The summed E-state index contributed by atoms with van der Waals surface area (Å²) in [7, 11) is 0. The second-order valence-corrected chi connectivity index (χ2v) is 16.6. The van der Waals surface area contributed by atoms with Crippen molar-refractivity contribution in [2.24, 2.45) is 0 Å². The van der Waals surface area contributed by atoms with Crippen LogP contribution in [0.15, 0.2) is 118 Å². The maximum Gasteiger partial charge on any atom is -0.0142 e. The van der Waals surface area contributed by atoms with Gasteiger partial charge in [-0.05, 0) is 24.7 Å². The fourth-order valence-corrected chi connectivity index (χ4v) is 7.29. The van der Waals surface area contributed by atoms with Gasteiger partial charge in [-0.15, -0.1) is 39.7 Å². The first-order chi connectivity index (χ1) is 20.6. The van der Waals surface area contributed by atoms with Gasteiger partial charge in [0.2, 0.25) is 0 Å². The van der Waals surface area contributed by atoms with E-state index in [9.17, 15) is 0 Å². The van der Waals surface area contributed by atoms with Gasteiger partial charge in [-0.25, -0.2) is 12.1 Å². The normalized spacial score (nSPS) is 11.5. The molecule has 44 heavy (non-hydrogen) atoms. The molecule has 0 nitrogen and oxygen atoms in total. The van der Waals surface area contributed by atoms with Crippen LogP contribution in [0.4, 0.5) is 0 Å². The molecule has 0 aromatic heterocycles. The van der Waals surface area contributed by atoms with E-state index >= 15 is 0 Å². The van der Waals surface area contributed by atoms with Crippen LogP contribution in [0.1, 0.15) is 74.9 Å². The van der Waals surface area contributed by atoms with Gasteiger partial charge in [0.1, 0.15) is 0 Å². The Bertz CT molecular complexity index is 1730. The van der Waals surface area contributed by atoms with Crippen molar-refractivity contribution >= 4 is 56.6 Å². The largest absolute Gasteiger partial charge is 0.214 e. The zero-order chi connectivity index (χ0) is 32.2. The number of halogens is 2. The quantitative estimate of drug-likeness (QED) is 0.153. The van der Waals surface area contributed by atoms with Crippen LogP contribution < -0.4 is 0 Å². The number of rotatable bonds is 2. The first kappa shape index (κ1) is 34.7. The van der Waals surface area contributed by atoms with Crippen molar-refractivity contribution in [2.75, 3.05) is 0 Å². The van der Waals surface area contributed by atoms with Crippen LogP contribution in [0.2, 0.25) is 0 Å². The molecule has 0 aliphatic carbocycles. The topological polar surface area (TPSA) is 0 Å². The van der Waals surface area contributed by atoms with Gasteiger partial charge in [-0.2, -0.15) is 18.2 Å². The Hall–Kier alpha value is -2.19. The SMILES string of the molecule is Brc1cccc([C](=[Zr+2])c2cccc(Br)c2)c1.Cc1cc2[cH-]c3cc(C)c(C(C)(C)C)cc3c2cc1C(C)(C)C.c1cc[cH-]c1. The molecular formula is C41H42Br2Zr. The van der Waals surface area contributed by atoms with Gasteiger partial charge in [-0.1, -0.05) is 75.9 Å². The summed E-state index contributed by atoms with van der Waals surface area (Å²) in [5.74, 6) is 0. The molecular weight excluding hydrogens is 743 g/mol. The van der Waals surface area contributed by atoms with Crippen molar-refractivity contribution in [2.45, 2.75) is 66.2 Å². The second-order valence-electron chi connectivity index (χ2n) is 13.5. The molecule has 0 atom stereocenters. The first-order valence-electron chi connectivity index (χ1n) is 15.1. The molecule has 0 saturated carbocycles. The van der Waals surface area contributed by atoms with Crippen LogP contribution in [-0.2, 0) is 35.1 Å². The van der Waals surface area contributed by atoms with Crippen LogP contribution in [0.25, 0.3) is 21.5 Å². The van der Waals surface area contributed by atoms with Gasteiger partial charge in [0.05, 0.1) is 0 Å². The molecule has 0 unspecified atom stereocenters. The smallest absolute Gasteiger partial charge is 0.0142 e. The van der Waals surface area contributed by atoms with E-state index in [0.29, 0.717) is 0 Å². The number of aryl methyl sites for hydroxylation is 2. The van der Waals surface area contributed by atoms with Crippen molar-refractivity contribution in [1.82, 2.24) is 0 Å². The second kappa shape index (κ2) is 14.5. The molecule has 0 bridgehead atoms. The number of hydrogen-bond acceptors (Lipinski definition) is 0. The van der Waals surface area contributed by atoms with Crippen LogP contribution in [0.5, 0.6) is 0 Å². The Balaban J connectivity index is 0.000000181. The van der Waals surface area contributed by atoms with E-state index in [4.69, 9.17) is 0 Å². The monoisotopic (exact) mass is 782 g/mol. The Kier molecular flexibility index (Phi) is 11.4. The Morgan fingerprint density at radius 1 is 0.591 bits per heavy atom. The van der Waals surface area contributed by atoms with Gasteiger partial charge >= 0.3 is 128 Å². The van der Waals surface area contributed by atoms with E-state index in [2.05, 4.69) is 154 Å². The standard InChI is InChI=1S/C23H29.C13H8Br2.C5H5.Zr/c1-14-9-16-11-17-10-15(2)21(23(6,7)8)13-19(17)18(16)12-20(14)22(3,4)5;14-12-5-1-3-10(8-12)7-11-4-2-6-13(15)9-11;1-2-4-5-3-1;/h9-13H,1-8H3;1-6,8-9H;1-5H;/q-1;;-1;+2. The molecule has 0 aliphatic rings. The molecule has 0 radical (unpaired) electrons. The summed E-state index contributed by atoms with van der Waals surface area (Å²) in [4.78, 5) is 0. The molecule has 6 aromatic carbocycles. The predicted molar refractivity (Wildman–Crippen MR) is 197 cm³/mol. The third-order valence-corrected chi connectivity index (χ3v) is 10.2. The summed E-state index contributed by atoms with van der Waals surface area (Å²) in [6.07, 6.45) is 0. The van der Waals surface area contributed by atoms with E-state index in [1.807, 2.05) is 42.5 Å². The molecule has 0 fully saturated rings. The summed E-state index contributed by atoms with van der Waals surface area (Å²) in [6, 6.07) is 38.8. The van der Waals surface area contributed by atoms with E-state index < -0.39 is 0 Å². The number of hydrogen-bond donors (Lipinski definition) is 0. The van der Waals surface area contributed by atoms with Crippen molar-refractivity contribution in [1.29, 1.82) is 0 Å². The fraction of sp³-hybridized carbons (Fsp3) is 0.244. The summed E-state index contributed by atoms with van der Waals surface area (Å²) in [5, 5.41) is 5.55. The van der Waals surface area contributed by atoms with Gasteiger partial charge in [0.15, 0.2) is 0 Å². The van der Waals surface area contributed by atoms with Gasteiger partial charge < -0.3 is 0 Å². The Morgan fingerprint density at radius 2 is 1.00 bits per heavy atom. The molecule has 0 aliphatic heterocycles. The van der Waals surface area contributed by atoms with Crippen LogP contribution in [0.3, 0.4) is 0 Å². The van der Waals surface area contributed by atoms with Crippen molar-refractivity contribution < 1.29 is 24.2 Å². The average Bonchev–Trinajstić information content (AvgIpc) is 3.62.